The Labute approximate surface area is 122 Å². The van der Waals surface area contributed by atoms with Crippen molar-refractivity contribution >= 4 is 17.6 Å². The van der Waals surface area contributed by atoms with Crippen molar-refractivity contribution in [3.05, 3.63) is 33.5 Å². The van der Waals surface area contributed by atoms with Gasteiger partial charge in [-0.25, -0.2) is 0 Å². The molecule has 0 aliphatic heterocycles. The summed E-state index contributed by atoms with van der Waals surface area (Å²) in [5, 5.41) is 12.9. The van der Waals surface area contributed by atoms with Gasteiger partial charge in [0.2, 0.25) is 5.91 Å². The second kappa shape index (κ2) is 8.08. The zero-order valence-electron chi connectivity index (χ0n) is 12.2. The van der Waals surface area contributed by atoms with E-state index < -0.39 is 16.6 Å². The van der Waals surface area contributed by atoms with E-state index in [0.29, 0.717) is 5.69 Å². The molecule has 7 heteroatoms. The monoisotopic (exact) mass is 293 g/mol. The highest BCUT2D eigenvalue weighted by atomic mass is 16.6. The normalized spacial score (nSPS) is 10.2. The van der Waals surface area contributed by atoms with Gasteiger partial charge >= 0.3 is 5.82 Å². The number of rotatable bonds is 7. The zero-order chi connectivity index (χ0) is 15.8. The number of unbranched alkanes of at least 4 members (excludes halogenated alkanes) is 3. The first-order chi connectivity index (χ1) is 9.93. The number of aryl methyl sites for hydroxylation is 1. The molecule has 0 saturated carbocycles. The average molecular weight is 293 g/mol. The van der Waals surface area contributed by atoms with Crippen LogP contribution in [0.3, 0.4) is 0 Å². The topological polar surface area (TPSA) is 102 Å². The minimum absolute atomic E-state index is 0.0658. The Kier molecular flexibility index (Phi) is 6.45. The fraction of sp³-hybridized carbons (Fsp3) is 0.500. The smallest absolute Gasteiger partial charge is 0.358 e. The quantitative estimate of drug-likeness (QED) is 0.472. The molecule has 0 aliphatic carbocycles. The number of carbonyl (C=O) groups excluding carboxylic acids is 2. The van der Waals surface area contributed by atoms with Gasteiger partial charge in [-0.15, -0.1) is 0 Å². The van der Waals surface area contributed by atoms with Crippen LogP contribution in [0.1, 0.15) is 55.1 Å². The fourth-order valence-electron chi connectivity index (χ4n) is 1.85. The van der Waals surface area contributed by atoms with Crippen molar-refractivity contribution < 1.29 is 14.5 Å². The summed E-state index contributed by atoms with van der Waals surface area (Å²) in [4.78, 5) is 37.2. The second-order valence-corrected chi connectivity index (χ2v) is 4.80. The van der Waals surface area contributed by atoms with Gasteiger partial charge in [0.15, 0.2) is 5.69 Å². The SMILES string of the molecule is CCCCCCC(=O)NC(=O)c1cc(C)nc([N+](=O)[O-])c1. The highest BCUT2D eigenvalue weighted by Gasteiger charge is 2.17. The molecule has 0 unspecified atom stereocenters. The third kappa shape index (κ3) is 5.68. The third-order valence-electron chi connectivity index (χ3n) is 2.90. The number of carbonyl (C=O) groups is 2. The number of aromatic nitrogens is 1. The highest BCUT2D eigenvalue weighted by Crippen LogP contribution is 2.12. The molecule has 21 heavy (non-hydrogen) atoms. The van der Waals surface area contributed by atoms with Gasteiger partial charge in [-0.1, -0.05) is 26.2 Å². The lowest BCUT2D eigenvalue weighted by Gasteiger charge is -2.04. The first-order valence-corrected chi connectivity index (χ1v) is 6.91. The first-order valence-electron chi connectivity index (χ1n) is 6.91. The molecule has 0 saturated heterocycles. The van der Waals surface area contributed by atoms with Crippen LogP contribution < -0.4 is 5.32 Å². The Morgan fingerprint density at radius 1 is 1.29 bits per heavy atom. The van der Waals surface area contributed by atoms with Gasteiger partial charge in [0.1, 0.15) is 0 Å². The number of hydrogen-bond donors (Lipinski definition) is 1. The van der Waals surface area contributed by atoms with Gasteiger partial charge in [-0.2, -0.15) is 0 Å². The van der Waals surface area contributed by atoms with E-state index in [9.17, 15) is 19.7 Å². The molecule has 2 amide bonds. The predicted molar refractivity (Wildman–Crippen MR) is 76.9 cm³/mol. The van der Waals surface area contributed by atoms with E-state index in [1.807, 2.05) is 0 Å². The van der Waals surface area contributed by atoms with Gasteiger partial charge in [0.25, 0.3) is 5.91 Å². The number of nitrogens with zero attached hydrogens (tertiary/aromatic N) is 2. The molecule has 0 fully saturated rings. The molecule has 0 aliphatic rings. The van der Waals surface area contributed by atoms with Crippen molar-refractivity contribution in [1.82, 2.24) is 10.3 Å². The van der Waals surface area contributed by atoms with Gasteiger partial charge in [-0.3, -0.25) is 14.9 Å². The summed E-state index contributed by atoms with van der Waals surface area (Å²) in [7, 11) is 0. The summed E-state index contributed by atoms with van der Waals surface area (Å²) in [6.07, 6.45) is 4.07. The van der Waals surface area contributed by atoms with Crippen molar-refractivity contribution in [3.63, 3.8) is 0 Å². The Bertz CT molecular complexity index is 543. The molecule has 0 radical (unpaired) electrons. The lowest BCUT2D eigenvalue weighted by atomic mass is 10.1. The van der Waals surface area contributed by atoms with E-state index in [-0.39, 0.29) is 17.9 Å². The van der Waals surface area contributed by atoms with Crippen molar-refractivity contribution in [3.8, 4) is 0 Å². The Morgan fingerprint density at radius 2 is 2.00 bits per heavy atom. The molecular weight excluding hydrogens is 274 g/mol. The minimum atomic E-state index is -0.670. The Balaban J connectivity index is 2.63. The third-order valence-corrected chi connectivity index (χ3v) is 2.90. The van der Waals surface area contributed by atoms with Crippen molar-refractivity contribution in [2.45, 2.75) is 46.0 Å². The molecule has 114 valence electrons. The van der Waals surface area contributed by atoms with Crippen LogP contribution in [0.5, 0.6) is 0 Å². The summed E-state index contributed by atoms with van der Waals surface area (Å²) in [5.41, 5.74) is 0.417. The molecule has 1 aromatic heterocycles. The van der Waals surface area contributed by atoms with Gasteiger partial charge < -0.3 is 10.1 Å². The Morgan fingerprint density at radius 3 is 2.62 bits per heavy atom. The number of pyridine rings is 1. The molecular formula is C14H19N3O4. The largest absolute Gasteiger partial charge is 0.364 e. The molecule has 0 bridgehead atoms. The maximum absolute atomic E-state index is 11.9. The number of imide groups is 1. The summed E-state index contributed by atoms with van der Waals surface area (Å²) >= 11 is 0. The van der Waals surface area contributed by atoms with Crippen molar-refractivity contribution in [1.29, 1.82) is 0 Å². The Hall–Kier alpha value is -2.31. The molecule has 1 rings (SSSR count). The van der Waals surface area contributed by atoms with Crippen LogP contribution in [0, 0.1) is 17.0 Å². The molecule has 1 N–H and O–H groups in total. The van der Waals surface area contributed by atoms with E-state index in [0.717, 1.165) is 31.7 Å². The van der Waals surface area contributed by atoms with E-state index >= 15 is 0 Å². The first kappa shape index (κ1) is 16.7. The van der Waals surface area contributed by atoms with Crippen LogP contribution in [0.2, 0.25) is 0 Å². The summed E-state index contributed by atoms with van der Waals surface area (Å²) in [6, 6.07) is 2.47. The fourth-order valence-corrected chi connectivity index (χ4v) is 1.85. The number of hydrogen-bond acceptors (Lipinski definition) is 5. The van der Waals surface area contributed by atoms with Crippen molar-refractivity contribution in [2.24, 2.45) is 0 Å². The highest BCUT2D eigenvalue weighted by molar-refractivity contribution is 6.04. The predicted octanol–water partition coefficient (Wildman–Crippen LogP) is 2.53. The van der Waals surface area contributed by atoms with Gasteiger partial charge in [0, 0.05) is 19.4 Å². The maximum Gasteiger partial charge on any atom is 0.364 e. The van der Waals surface area contributed by atoms with Crippen LogP contribution in [0.25, 0.3) is 0 Å². The van der Waals surface area contributed by atoms with E-state index in [4.69, 9.17) is 0 Å². The molecule has 0 atom stereocenters. The lowest BCUT2D eigenvalue weighted by Crippen LogP contribution is -2.30. The van der Waals surface area contributed by atoms with E-state index in [2.05, 4.69) is 17.2 Å². The maximum atomic E-state index is 11.9. The standard InChI is InChI=1S/C14H19N3O4/c1-3-4-5-6-7-13(18)16-14(19)11-8-10(2)15-12(9-11)17(20)21/h8-9H,3-7H2,1-2H3,(H,16,18,19). The summed E-state index contributed by atoms with van der Waals surface area (Å²) < 4.78 is 0. The molecule has 7 nitrogen and oxygen atoms in total. The van der Waals surface area contributed by atoms with Crippen LogP contribution >= 0.6 is 0 Å². The second-order valence-electron chi connectivity index (χ2n) is 4.80. The van der Waals surface area contributed by atoms with Crippen LogP contribution in [-0.2, 0) is 4.79 Å². The van der Waals surface area contributed by atoms with Crippen molar-refractivity contribution in [2.75, 3.05) is 0 Å². The van der Waals surface area contributed by atoms with Crippen LogP contribution in [0.15, 0.2) is 12.1 Å². The molecule has 0 aromatic carbocycles. The number of nitrogens with one attached hydrogen (secondary N) is 1. The summed E-state index contributed by atoms with van der Waals surface area (Å²) in [6.45, 7) is 3.62. The molecule has 1 heterocycles. The van der Waals surface area contributed by atoms with E-state index in [1.165, 1.54) is 6.07 Å². The van der Waals surface area contributed by atoms with E-state index in [1.54, 1.807) is 6.92 Å². The number of nitro groups is 1. The average Bonchev–Trinajstić information content (AvgIpc) is 2.42. The van der Waals surface area contributed by atoms with Gasteiger partial charge in [-0.05, 0) is 22.4 Å². The lowest BCUT2D eigenvalue weighted by molar-refractivity contribution is -0.389. The molecule has 0 spiro atoms. The van der Waals surface area contributed by atoms with Crippen LogP contribution in [0.4, 0.5) is 5.82 Å². The minimum Gasteiger partial charge on any atom is -0.358 e. The van der Waals surface area contributed by atoms with Gasteiger partial charge in [0.05, 0.1) is 5.56 Å². The number of amides is 2. The van der Waals surface area contributed by atoms with Crippen LogP contribution in [-0.4, -0.2) is 21.7 Å². The molecule has 1 aromatic rings. The summed E-state index contributed by atoms with van der Waals surface area (Å²) in [5.74, 6) is -1.41. The zero-order valence-corrected chi connectivity index (χ0v) is 12.2.